The van der Waals surface area contributed by atoms with Crippen LogP contribution in [-0.4, -0.2) is 345 Å². The van der Waals surface area contributed by atoms with Gasteiger partial charge in [-0.3, -0.25) is 24.0 Å². The number of hydrogen-bond donors (Lipinski definition) is 10. The summed E-state index contributed by atoms with van der Waals surface area (Å²) in [5.41, 5.74) is 27.4. The Labute approximate surface area is 868 Å². The number of esters is 1. The number of pyridine rings is 3. The highest BCUT2D eigenvalue weighted by Crippen LogP contribution is 2.26. The third kappa shape index (κ3) is 32.6. The quantitative estimate of drug-likeness (QED) is 0.0512. The Kier molecular flexibility index (Phi) is 39.0. The van der Waals surface area contributed by atoms with E-state index in [1.807, 2.05) is 81.9 Å². The number of aryl methyl sites for hydroxylation is 2. The van der Waals surface area contributed by atoms with E-state index in [9.17, 15) is 56.4 Å². The van der Waals surface area contributed by atoms with Crippen LogP contribution in [0.4, 0.5) is 90.0 Å². The number of anilines is 13. The van der Waals surface area contributed by atoms with Crippen LogP contribution in [0.5, 0.6) is 0 Å². The topological polar surface area (TPSA) is 724 Å². The Morgan fingerprint density at radius 1 is 0.393 bits per heavy atom. The van der Waals surface area contributed by atoms with Crippen molar-refractivity contribution in [2.45, 2.75) is 86.0 Å². The molecule has 6 amide bonds. The van der Waals surface area contributed by atoms with Crippen molar-refractivity contribution >= 4 is 172 Å². The van der Waals surface area contributed by atoms with Gasteiger partial charge >= 0.3 is 30.2 Å². The Bertz CT molecular complexity index is 6960. The van der Waals surface area contributed by atoms with Crippen molar-refractivity contribution in [1.29, 1.82) is 0 Å². The van der Waals surface area contributed by atoms with E-state index in [2.05, 4.69) is 142 Å². The first-order valence-electron chi connectivity index (χ1n) is 46.7. The van der Waals surface area contributed by atoms with Gasteiger partial charge in [-0.05, 0) is 122 Å². The van der Waals surface area contributed by atoms with Crippen molar-refractivity contribution < 1.29 is 70.8 Å². The van der Waals surface area contributed by atoms with Gasteiger partial charge in [-0.1, -0.05) is 18.2 Å². The van der Waals surface area contributed by atoms with Crippen LogP contribution in [0.15, 0.2) is 150 Å². The Morgan fingerprint density at radius 2 is 0.707 bits per heavy atom. The standard InChI is InChI=1S/C19H25N7O3.C16H21N7O3S.C16H22N6O3.C14H17N7O.C14H21N5O4.C7H5BrN4O.C6H7N3O2/c1-19(2,3)29-18(28)26-10-8-25(9-11-26)14-12-22-16(20)15(24-14)17(27)23-13-6-4-5-7-21-13;1-2-27(25,26)23-9-7-22(8-10-23)13-11-19-15(17)14(21-13)16(24)20-12-5-3-4-6-18-12;1-16(2,3)25-15(24)22-7-5-21(6-8-22)11-9-17-13-12(19-11)14(23)20(4)10-18-13;15-13-12(14(22)19-10-3-1-2-4-17-10)20-11(9-18-13)21-7-5-16-6-8-21;1-14(2,3)23-13(22)19-6-4-18(5-7-19)9-8-16-11(15)10(17-9)12(20)21;1-12-3-10-6-5(7(12)13)11-4(8)2-9-6;1-11-6(10)4-5(7)9-3-2-8-4/h4-7,12H,8-11H2,1-3H3,(H2,20,22)(H,21,23,27);3-6,11H,2,7-10H2,1H3,(H2,17,19)(H,18,20,24);9-10H,5-8H2,1-4H3;1-4,9,16H,5-8H2,(H2,15,18)(H,17,19,22);8H,4-7H2,1-3H3,(H2,15,16)(H,20,21);2-3H,1H3;2-3H,1H3,(H2,7,9). The molecule has 56 nitrogen and oxygen atoms in total. The Balaban J connectivity index is 0.000000169. The SMILES string of the molecule is CC(C)(C)OC(=O)N1CCN(c2cnc(N)c(C(=O)Nc3ccccn3)n2)CC1.CC(C)(C)OC(=O)N1CCN(c2cnc(N)c(C(=O)O)n2)CC1.CCS(=O)(=O)N1CCN(c2cnc(N)c(C(=O)Nc3ccccn3)n2)CC1.COC(=O)c1nccnc1N.Cn1cnc2ncc(Br)nc2c1=O.Cn1cnc2ncc(N3CCN(C(=O)OC(C)(C)C)CC3)nc2c1=O.Nc1ncc(N2CCNCC2)nc1C(=O)Nc1ccccn1. The lowest BCUT2D eigenvalue weighted by atomic mass is 10.2. The molecule has 796 valence electrons. The average molecular weight is 2150 g/mol. The molecule has 0 atom stereocenters. The molecule has 17 rings (SSSR count). The molecule has 58 heteroatoms. The second-order valence-electron chi connectivity index (χ2n) is 35.9. The minimum Gasteiger partial charge on any atom is -0.476 e. The minimum atomic E-state index is -3.21. The molecule has 0 unspecified atom stereocenters. The normalized spacial score (nSPS) is 14.3. The molecule has 0 aliphatic carbocycles. The highest BCUT2D eigenvalue weighted by atomic mass is 79.9. The largest absolute Gasteiger partial charge is 0.476 e. The van der Waals surface area contributed by atoms with Gasteiger partial charge < -0.3 is 122 Å². The number of nitrogens with zero attached hydrogens (tertiary/aromatic N) is 30. The molecule has 0 bridgehead atoms. The second kappa shape index (κ2) is 51.7. The molecule has 150 heavy (non-hydrogen) atoms. The summed E-state index contributed by atoms with van der Waals surface area (Å²) in [6, 6.07) is 15.6. The number of hydrogen-bond acceptors (Lipinski definition) is 46. The zero-order valence-electron chi connectivity index (χ0n) is 84.6. The fraction of sp³-hybridized carbons (Fsp3) is 0.402. The lowest BCUT2D eigenvalue weighted by Crippen LogP contribution is -2.50. The molecule has 0 radical (unpaired) electrons. The number of aromatic carboxylic acids is 1. The van der Waals surface area contributed by atoms with Crippen LogP contribution in [-0.2, 0) is 43.1 Å². The van der Waals surface area contributed by atoms with Gasteiger partial charge in [0.05, 0.1) is 62.7 Å². The minimum absolute atomic E-state index is 0.00163. The summed E-state index contributed by atoms with van der Waals surface area (Å²) < 4.78 is 49.2. The number of sulfonamides is 1. The number of carboxylic acids is 1. The maximum absolute atomic E-state index is 12.5. The molecule has 12 aromatic rings. The number of amides is 6. The number of fused-ring (bicyclic) bond motifs is 2. The highest BCUT2D eigenvalue weighted by molar-refractivity contribution is 9.10. The summed E-state index contributed by atoms with van der Waals surface area (Å²) >= 11 is 3.14. The fourth-order valence-corrected chi connectivity index (χ4v) is 15.3. The summed E-state index contributed by atoms with van der Waals surface area (Å²) in [6.45, 7) is 29.4. The predicted octanol–water partition coefficient (Wildman–Crippen LogP) is 3.98. The molecule has 0 saturated carbocycles. The number of nitrogen functional groups attached to an aromatic ring is 5. The van der Waals surface area contributed by atoms with Crippen molar-refractivity contribution in [2.24, 2.45) is 14.1 Å². The van der Waals surface area contributed by atoms with Crippen LogP contribution in [0, 0.1) is 0 Å². The van der Waals surface area contributed by atoms with E-state index in [0.29, 0.717) is 167 Å². The van der Waals surface area contributed by atoms with E-state index >= 15 is 0 Å². The van der Waals surface area contributed by atoms with Gasteiger partial charge in [0.15, 0.2) is 79.9 Å². The lowest BCUT2D eigenvalue weighted by molar-refractivity contribution is 0.0230. The Morgan fingerprint density at radius 3 is 1.04 bits per heavy atom. The first-order chi connectivity index (χ1) is 71.2. The van der Waals surface area contributed by atoms with Gasteiger partial charge in [-0.25, -0.2) is 127 Å². The fourth-order valence-electron chi connectivity index (χ4n) is 14.0. The number of halogens is 1. The number of nitrogens with two attached hydrogens (primary N) is 5. The molecule has 17 heterocycles. The molecular weight excluding hydrogens is 2040 g/mol. The summed E-state index contributed by atoms with van der Waals surface area (Å²) in [6.07, 6.45) is 18.5. The summed E-state index contributed by atoms with van der Waals surface area (Å²) in [5.74, 6) is 0.920. The molecule has 5 saturated heterocycles. The Hall–Kier alpha value is -17.2. The monoisotopic (exact) mass is 2150 g/mol. The molecule has 12 aromatic heterocycles. The zero-order valence-corrected chi connectivity index (χ0v) is 87.0. The summed E-state index contributed by atoms with van der Waals surface area (Å²) in [4.78, 5) is 211. The van der Waals surface area contributed by atoms with Crippen molar-refractivity contribution in [3.63, 3.8) is 0 Å². The van der Waals surface area contributed by atoms with Gasteiger partial charge in [0.25, 0.3) is 28.8 Å². The third-order valence-corrected chi connectivity index (χ3v) is 23.8. The van der Waals surface area contributed by atoms with E-state index in [1.165, 1.54) is 70.4 Å². The van der Waals surface area contributed by atoms with E-state index in [4.69, 9.17) is 48.0 Å². The number of carbonyl (C=O) groups is 8. The third-order valence-electron chi connectivity index (χ3n) is 21.6. The number of carbonyl (C=O) groups excluding carboxylic acids is 7. The van der Waals surface area contributed by atoms with Gasteiger partial charge in [0.2, 0.25) is 10.0 Å². The number of carboxylic acid groups (broad SMARTS) is 1. The van der Waals surface area contributed by atoms with Crippen LogP contribution in [0.25, 0.3) is 22.3 Å². The summed E-state index contributed by atoms with van der Waals surface area (Å²) in [5, 5.41) is 20.2. The molecule has 5 aliphatic heterocycles. The number of rotatable bonds is 15. The second-order valence-corrected chi connectivity index (χ2v) is 39.0. The van der Waals surface area contributed by atoms with E-state index in [-0.39, 0.29) is 104 Å². The summed E-state index contributed by atoms with van der Waals surface area (Å²) in [7, 11) is 1.30. The molecular formula is C92H118BrN39O17S. The molecule has 0 aromatic carbocycles. The van der Waals surface area contributed by atoms with Crippen LogP contribution in [0.1, 0.15) is 122 Å². The van der Waals surface area contributed by atoms with Gasteiger partial charge in [0.1, 0.15) is 67.9 Å². The highest BCUT2D eigenvalue weighted by Gasteiger charge is 2.34. The average Bonchev–Trinajstić information content (AvgIpc) is 0.819. The smallest absolute Gasteiger partial charge is 0.410 e. The van der Waals surface area contributed by atoms with Crippen molar-refractivity contribution in [3.8, 4) is 0 Å². The van der Waals surface area contributed by atoms with Crippen molar-refractivity contribution in [3.05, 3.63) is 189 Å². The first kappa shape index (κ1) is 113. The number of ether oxygens (including phenoxy) is 4. The molecule has 5 fully saturated rings. The van der Waals surface area contributed by atoms with Crippen LogP contribution < -0.4 is 85.6 Å². The van der Waals surface area contributed by atoms with Gasteiger partial charge in [-0.15, -0.1) is 0 Å². The van der Waals surface area contributed by atoms with Crippen LogP contribution in [0.2, 0.25) is 0 Å². The number of methoxy groups -OCH3 is 1. The van der Waals surface area contributed by atoms with E-state index in [1.54, 1.807) is 121 Å². The molecule has 15 N–H and O–H groups in total. The van der Waals surface area contributed by atoms with Gasteiger partial charge in [0, 0.05) is 176 Å². The number of aromatic nitrogens is 21. The number of piperazine rings is 5. The number of nitrogens with one attached hydrogen (secondary N) is 4. The van der Waals surface area contributed by atoms with E-state index in [0.717, 1.165) is 26.2 Å². The zero-order chi connectivity index (χ0) is 109. The van der Waals surface area contributed by atoms with Crippen LogP contribution >= 0.6 is 15.9 Å². The maximum atomic E-state index is 12.5. The molecule has 5 aliphatic rings. The molecule has 0 spiro atoms. The van der Waals surface area contributed by atoms with Crippen molar-refractivity contribution in [2.75, 3.05) is 213 Å². The van der Waals surface area contributed by atoms with Crippen LogP contribution in [0.3, 0.4) is 0 Å². The lowest BCUT2D eigenvalue weighted by Gasteiger charge is -2.36. The van der Waals surface area contributed by atoms with E-state index < -0.39 is 56.5 Å². The first-order valence-corrected chi connectivity index (χ1v) is 49.1. The maximum Gasteiger partial charge on any atom is 0.410 e. The predicted molar refractivity (Wildman–Crippen MR) is 558 cm³/mol. The van der Waals surface area contributed by atoms with Crippen molar-refractivity contribution in [1.82, 2.24) is 128 Å². The van der Waals surface area contributed by atoms with Gasteiger partial charge in [-0.2, -0.15) is 4.31 Å².